The van der Waals surface area contributed by atoms with Gasteiger partial charge in [0.1, 0.15) is 5.82 Å². The third kappa shape index (κ3) is 3.83. The number of aromatic nitrogens is 1. The summed E-state index contributed by atoms with van der Waals surface area (Å²) in [5.74, 6) is 0.760. The standard InChI is InChI=1S/C16H13BrClN3O2/c17-11-8-10-3-4-14(21-15(10)12(18)9-11)19-5-6-20-16(22)13-2-1-7-23-13/h1-4,7-9H,5-6H2,(H,19,21)(H,20,22). The van der Waals surface area contributed by atoms with Gasteiger partial charge in [0.05, 0.1) is 16.8 Å². The summed E-state index contributed by atoms with van der Waals surface area (Å²) >= 11 is 9.61. The molecule has 2 N–H and O–H groups in total. The van der Waals surface area contributed by atoms with Crippen molar-refractivity contribution in [2.45, 2.75) is 0 Å². The molecule has 2 heterocycles. The van der Waals surface area contributed by atoms with Gasteiger partial charge >= 0.3 is 0 Å². The number of furan rings is 1. The molecule has 0 fully saturated rings. The number of nitrogens with zero attached hydrogens (tertiary/aromatic N) is 1. The molecule has 1 aromatic carbocycles. The molecule has 118 valence electrons. The van der Waals surface area contributed by atoms with Crippen LogP contribution < -0.4 is 10.6 Å². The van der Waals surface area contributed by atoms with E-state index >= 15 is 0 Å². The lowest BCUT2D eigenvalue weighted by atomic mass is 10.2. The van der Waals surface area contributed by atoms with Crippen molar-refractivity contribution >= 4 is 50.2 Å². The lowest BCUT2D eigenvalue weighted by molar-refractivity contribution is 0.0927. The van der Waals surface area contributed by atoms with E-state index in [1.54, 1.807) is 12.1 Å². The number of rotatable bonds is 5. The quantitative estimate of drug-likeness (QED) is 0.640. The molecule has 0 atom stereocenters. The number of halogens is 2. The molecule has 0 aliphatic heterocycles. The molecule has 1 amide bonds. The second-order valence-electron chi connectivity index (χ2n) is 4.82. The highest BCUT2D eigenvalue weighted by molar-refractivity contribution is 9.10. The van der Waals surface area contributed by atoms with Gasteiger partial charge < -0.3 is 15.1 Å². The summed E-state index contributed by atoms with van der Waals surface area (Å²) in [6, 6.07) is 10.9. The molecule has 2 aromatic heterocycles. The summed E-state index contributed by atoms with van der Waals surface area (Å²) in [5.41, 5.74) is 0.736. The third-order valence-corrected chi connectivity index (χ3v) is 3.92. The number of carbonyl (C=O) groups excluding carboxylic acids is 1. The Morgan fingerprint density at radius 2 is 2.13 bits per heavy atom. The third-order valence-electron chi connectivity index (χ3n) is 3.17. The number of hydrogen-bond donors (Lipinski definition) is 2. The van der Waals surface area contributed by atoms with Crippen LogP contribution in [0.15, 0.2) is 51.6 Å². The number of nitrogens with one attached hydrogen (secondary N) is 2. The van der Waals surface area contributed by atoms with Gasteiger partial charge in [-0.2, -0.15) is 0 Å². The fourth-order valence-electron chi connectivity index (χ4n) is 2.12. The first-order valence-corrected chi connectivity index (χ1v) is 8.12. The number of hydrogen-bond acceptors (Lipinski definition) is 4. The van der Waals surface area contributed by atoms with E-state index in [1.807, 2.05) is 24.3 Å². The van der Waals surface area contributed by atoms with Crippen LogP contribution in [0.1, 0.15) is 10.6 Å². The van der Waals surface area contributed by atoms with Gasteiger partial charge in [0.2, 0.25) is 0 Å². The monoisotopic (exact) mass is 393 g/mol. The smallest absolute Gasteiger partial charge is 0.287 e. The highest BCUT2D eigenvalue weighted by Crippen LogP contribution is 2.27. The number of pyridine rings is 1. The van der Waals surface area contributed by atoms with Gasteiger partial charge in [0.25, 0.3) is 5.91 Å². The maximum Gasteiger partial charge on any atom is 0.287 e. The van der Waals surface area contributed by atoms with Gasteiger partial charge in [-0.25, -0.2) is 4.98 Å². The fraction of sp³-hybridized carbons (Fsp3) is 0.125. The van der Waals surface area contributed by atoms with Crippen molar-refractivity contribution in [3.05, 3.63) is 57.9 Å². The van der Waals surface area contributed by atoms with E-state index in [9.17, 15) is 4.79 Å². The van der Waals surface area contributed by atoms with Gasteiger partial charge in [-0.15, -0.1) is 0 Å². The van der Waals surface area contributed by atoms with Gasteiger partial charge in [0, 0.05) is 22.9 Å². The Kier molecular flexibility index (Phi) is 4.83. The van der Waals surface area contributed by atoms with Gasteiger partial charge in [-0.3, -0.25) is 4.79 Å². The first kappa shape index (κ1) is 15.8. The molecule has 7 heteroatoms. The molecule has 23 heavy (non-hydrogen) atoms. The largest absolute Gasteiger partial charge is 0.459 e. The molecular weight excluding hydrogens is 382 g/mol. The normalized spacial score (nSPS) is 10.7. The van der Waals surface area contributed by atoms with Crippen LogP contribution in [-0.2, 0) is 0 Å². The maximum absolute atomic E-state index is 11.7. The highest BCUT2D eigenvalue weighted by atomic mass is 79.9. The van der Waals surface area contributed by atoms with E-state index < -0.39 is 0 Å². The summed E-state index contributed by atoms with van der Waals surface area (Å²) < 4.78 is 5.93. The van der Waals surface area contributed by atoms with Crippen LogP contribution >= 0.6 is 27.5 Å². The van der Waals surface area contributed by atoms with E-state index in [4.69, 9.17) is 16.0 Å². The summed E-state index contributed by atoms with van der Waals surface area (Å²) in [6.07, 6.45) is 1.47. The zero-order chi connectivity index (χ0) is 16.2. The van der Waals surface area contributed by atoms with Crippen molar-refractivity contribution in [1.29, 1.82) is 0 Å². The Bertz CT molecular complexity index is 837. The number of carbonyl (C=O) groups is 1. The van der Waals surface area contributed by atoms with Gasteiger partial charge in [-0.1, -0.05) is 27.5 Å². The van der Waals surface area contributed by atoms with Crippen molar-refractivity contribution in [2.75, 3.05) is 18.4 Å². The van der Waals surface area contributed by atoms with Gasteiger partial charge in [-0.05, 0) is 36.4 Å². The molecule has 0 bridgehead atoms. The fourth-order valence-corrected chi connectivity index (χ4v) is 2.99. The molecule has 0 aliphatic rings. The minimum absolute atomic E-state index is 0.240. The predicted molar refractivity (Wildman–Crippen MR) is 94.0 cm³/mol. The minimum atomic E-state index is -0.240. The number of amides is 1. The summed E-state index contributed by atoms with van der Waals surface area (Å²) in [4.78, 5) is 16.2. The van der Waals surface area contributed by atoms with Crippen molar-refractivity contribution in [3.63, 3.8) is 0 Å². The van der Waals surface area contributed by atoms with Crippen LogP contribution in [0.4, 0.5) is 5.82 Å². The Balaban J connectivity index is 1.58. The second kappa shape index (κ2) is 7.02. The Hall–Kier alpha value is -2.05. The van der Waals surface area contributed by atoms with E-state index in [0.29, 0.717) is 29.7 Å². The SMILES string of the molecule is O=C(NCCNc1ccc2cc(Br)cc(Cl)c2n1)c1ccco1. The summed E-state index contributed by atoms with van der Waals surface area (Å²) in [7, 11) is 0. The van der Waals surface area contributed by atoms with Crippen LogP contribution in [0.25, 0.3) is 10.9 Å². The summed E-state index contributed by atoms with van der Waals surface area (Å²) in [5, 5.41) is 7.46. The van der Waals surface area contributed by atoms with Crippen LogP contribution in [0, 0.1) is 0 Å². The lowest BCUT2D eigenvalue weighted by Crippen LogP contribution is -2.28. The Morgan fingerprint density at radius 1 is 1.26 bits per heavy atom. The average Bonchev–Trinajstić information content (AvgIpc) is 3.06. The van der Waals surface area contributed by atoms with E-state index in [1.165, 1.54) is 6.26 Å². The van der Waals surface area contributed by atoms with Crippen LogP contribution in [0.5, 0.6) is 0 Å². The molecular formula is C16H13BrClN3O2. The predicted octanol–water partition coefficient (Wildman–Crippen LogP) is 4.09. The van der Waals surface area contributed by atoms with Gasteiger partial charge in [0.15, 0.2) is 5.76 Å². The molecule has 0 spiro atoms. The van der Waals surface area contributed by atoms with E-state index in [2.05, 4.69) is 31.5 Å². The highest BCUT2D eigenvalue weighted by Gasteiger charge is 2.07. The number of anilines is 1. The van der Waals surface area contributed by atoms with Crippen LogP contribution in [0.3, 0.4) is 0 Å². The molecule has 3 rings (SSSR count). The molecule has 0 saturated carbocycles. The van der Waals surface area contributed by atoms with Crippen molar-refractivity contribution in [3.8, 4) is 0 Å². The molecule has 0 aliphatic carbocycles. The molecule has 3 aromatic rings. The van der Waals surface area contributed by atoms with Crippen molar-refractivity contribution < 1.29 is 9.21 Å². The van der Waals surface area contributed by atoms with Crippen molar-refractivity contribution in [1.82, 2.24) is 10.3 Å². The number of benzene rings is 1. The Labute approximate surface area is 146 Å². The second-order valence-corrected chi connectivity index (χ2v) is 6.14. The Morgan fingerprint density at radius 3 is 2.91 bits per heavy atom. The van der Waals surface area contributed by atoms with Crippen LogP contribution in [-0.4, -0.2) is 24.0 Å². The minimum Gasteiger partial charge on any atom is -0.459 e. The maximum atomic E-state index is 11.7. The zero-order valence-corrected chi connectivity index (χ0v) is 14.3. The molecule has 0 saturated heterocycles. The first-order valence-electron chi connectivity index (χ1n) is 6.95. The molecule has 0 radical (unpaired) electrons. The van der Waals surface area contributed by atoms with E-state index in [0.717, 1.165) is 15.4 Å². The van der Waals surface area contributed by atoms with Crippen molar-refractivity contribution in [2.24, 2.45) is 0 Å². The summed E-state index contributed by atoms with van der Waals surface area (Å²) in [6.45, 7) is 0.992. The first-order chi connectivity index (χ1) is 11.1. The van der Waals surface area contributed by atoms with E-state index in [-0.39, 0.29) is 5.91 Å². The average molecular weight is 395 g/mol. The molecule has 0 unspecified atom stereocenters. The topological polar surface area (TPSA) is 67.2 Å². The van der Waals surface area contributed by atoms with Crippen LogP contribution in [0.2, 0.25) is 5.02 Å². The number of fused-ring (bicyclic) bond motifs is 1. The molecule has 5 nitrogen and oxygen atoms in total. The zero-order valence-electron chi connectivity index (χ0n) is 12.0. The lowest BCUT2D eigenvalue weighted by Gasteiger charge is -2.08.